The van der Waals surface area contributed by atoms with Crippen LogP contribution in [-0.4, -0.2) is 30.6 Å². The van der Waals surface area contributed by atoms with Crippen LogP contribution < -0.4 is 5.32 Å². The first kappa shape index (κ1) is 14.4. The maximum atomic E-state index is 11.3. The van der Waals surface area contributed by atoms with E-state index in [0.717, 1.165) is 11.8 Å². The summed E-state index contributed by atoms with van der Waals surface area (Å²) in [6, 6.07) is 8.25. The van der Waals surface area contributed by atoms with Gasteiger partial charge in [0.2, 0.25) is 0 Å². The van der Waals surface area contributed by atoms with Crippen molar-refractivity contribution < 1.29 is 9.53 Å². The van der Waals surface area contributed by atoms with Crippen molar-refractivity contribution in [2.45, 2.75) is 37.1 Å². The fourth-order valence-electron chi connectivity index (χ4n) is 2.48. The van der Waals surface area contributed by atoms with Crippen LogP contribution in [0.3, 0.4) is 0 Å². The number of methoxy groups -OCH3 is 1. The number of nitrogens with one attached hydrogen (secondary N) is 1. The van der Waals surface area contributed by atoms with E-state index in [1.54, 1.807) is 0 Å². The van der Waals surface area contributed by atoms with Gasteiger partial charge in [0.15, 0.2) is 0 Å². The molecule has 1 fully saturated rings. The van der Waals surface area contributed by atoms with Gasteiger partial charge in [-0.3, -0.25) is 0 Å². The Hall–Kier alpha value is -1.00. The third kappa shape index (κ3) is 3.98. The van der Waals surface area contributed by atoms with Crippen molar-refractivity contribution in [1.29, 1.82) is 0 Å². The average molecular weight is 279 g/mol. The van der Waals surface area contributed by atoms with Gasteiger partial charge in [-0.15, -0.1) is 0 Å². The lowest BCUT2D eigenvalue weighted by molar-refractivity contribution is 0.0600. The lowest BCUT2D eigenvalue weighted by atomic mass is 10.1. The van der Waals surface area contributed by atoms with Crippen molar-refractivity contribution >= 4 is 17.7 Å². The maximum absolute atomic E-state index is 11.3. The van der Waals surface area contributed by atoms with Crippen LogP contribution in [0.1, 0.15) is 35.2 Å². The molecule has 2 atom stereocenters. The Morgan fingerprint density at radius 1 is 1.37 bits per heavy atom. The number of thioether (sulfide) groups is 1. The zero-order valence-electron chi connectivity index (χ0n) is 11.5. The summed E-state index contributed by atoms with van der Waals surface area (Å²) in [6.07, 6.45) is 6.05. The number of hydrogen-bond donors (Lipinski definition) is 1. The van der Waals surface area contributed by atoms with Gasteiger partial charge >= 0.3 is 5.97 Å². The van der Waals surface area contributed by atoms with Crippen LogP contribution >= 0.6 is 11.8 Å². The summed E-state index contributed by atoms with van der Waals surface area (Å²) in [5.74, 6) is -0.280. The zero-order valence-corrected chi connectivity index (χ0v) is 12.3. The smallest absolute Gasteiger partial charge is 0.337 e. The van der Waals surface area contributed by atoms with Gasteiger partial charge in [0.1, 0.15) is 0 Å². The van der Waals surface area contributed by atoms with E-state index in [1.165, 1.54) is 31.9 Å². The normalized spacial score (nSPS) is 22.4. The first-order valence-electron chi connectivity index (χ1n) is 6.66. The van der Waals surface area contributed by atoms with E-state index >= 15 is 0 Å². The monoisotopic (exact) mass is 279 g/mol. The van der Waals surface area contributed by atoms with Gasteiger partial charge in [-0.1, -0.05) is 12.1 Å². The highest BCUT2D eigenvalue weighted by Crippen LogP contribution is 2.28. The Morgan fingerprint density at radius 3 is 2.68 bits per heavy atom. The van der Waals surface area contributed by atoms with Gasteiger partial charge in [0.05, 0.1) is 12.7 Å². The van der Waals surface area contributed by atoms with Gasteiger partial charge in [-0.25, -0.2) is 4.79 Å². The van der Waals surface area contributed by atoms with Crippen LogP contribution in [-0.2, 0) is 11.3 Å². The number of ether oxygens (including phenoxy) is 1. The zero-order chi connectivity index (χ0) is 13.7. The number of benzene rings is 1. The molecule has 0 aliphatic heterocycles. The van der Waals surface area contributed by atoms with Crippen LogP contribution in [0.2, 0.25) is 0 Å². The van der Waals surface area contributed by atoms with Crippen LogP contribution in [0.4, 0.5) is 0 Å². The second kappa shape index (κ2) is 6.96. The molecule has 0 radical (unpaired) electrons. The van der Waals surface area contributed by atoms with E-state index in [1.807, 2.05) is 36.0 Å². The molecule has 1 saturated carbocycles. The molecule has 1 N–H and O–H groups in total. The van der Waals surface area contributed by atoms with E-state index in [9.17, 15) is 4.79 Å². The third-order valence-electron chi connectivity index (χ3n) is 3.69. The van der Waals surface area contributed by atoms with Gasteiger partial charge in [0, 0.05) is 17.8 Å². The first-order valence-corrected chi connectivity index (χ1v) is 7.95. The summed E-state index contributed by atoms with van der Waals surface area (Å²) >= 11 is 1.97. The molecular weight excluding hydrogens is 258 g/mol. The molecular formula is C15H21NO2S. The molecule has 0 heterocycles. The van der Waals surface area contributed by atoms with Crippen LogP contribution in [0, 0.1) is 0 Å². The summed E-state index contributed by atoms with van der Waals surface area (Å²) in [4.78, 5) is 11.3. The lowest BCUT2D eigenvalue weighted by Gasteiger charge is -2.12. The van der Waals surface area contributed by atoms with Crippen molar-refractivity contribution in [3.05, 3.63) is 35.4 Å². The Labute approximate surface area is 119 Å². The van der Waals surface area contributed by atoms with E-state index in [-0.39, 0.29) is 5.97 Å². The van der Waals surface area contributed by atoms with Crippen LogP contribution in [0.5, 0.6) is 0 Å². The molecule has 1 aliphatic rings. The second-order valence-corrected chi connectivity index (χ2v) is 6.08. The van der Waals surface area contributed by atoms with E-state index in [0.29, 0.717) is 11.6 Å². The topological polar surface area (TPSA) is 38.3 Å². The van der Waals surface area contributed by atoms with Crippen molar-refractivity contribution in [2.24, 2.45) is 0 Å². The molecule has 0 bridgehead atoms. The summed E-state index contributed by atoms with van der Waals surface area (Å²) in [7, 11) is 1.40. The highest BCUT2D eigenvalue weighted by atomic mass is 32.2. The minimum Gasteiger partial charge on any atom is -0.465 e. The van der Waals surface area contributed by atoms with Crippen LogP contribution in [0.25, 0.3) is 0 Å². The van der Waals surface area contributed by atoms with Gasteiger partial charge in [-0.2, -0.15) is 11.8 Å². The summed E-state index contributed by atoms with van der Waals surface area (Å²) in [5, 5.41) is 4.41. The molecule has 1 aromatic rings. The first-order chi connectivity index (χ1) is 9.22. The molecule has 2 rings (SSSR count). The SMILES string of the molecule is COC(=O)c1ccc(CN[C@H]2CC[C@H](SC)C2)cc1. The molecule has 3 nitrogen and oxygen atoms in total. The highest BCUT2D eigenvalue weighted by Gasteiger charge is 2.23. The minimum atomic E-state index is -0.280. The Balaban J connectivity index is 1.82. The fourth-order valence-corrected chi connectivity index (χ4v) is 3.27. The van der Waals surface area contributed by atoms with Crippen molar-refractivity contribution in [1.82, 2.24) is 5.32 Å². The van der Waals surface area contributed by atoms with Crippen molar-refractivity contribution in [3.8, 4) is 0 Å². The highest BCUT2D eigenvalue weighted by molar-refractivity contribution is 7.99. The summed E-state index contributed by atoms with van der Waals surface area (Å²) < 4.78 is 4.68. The summed E-state index contributed by atoms with van der Waals surface area (Å²) in [5.41, 5.74) is 1.81. The molecule has 104 valence electrons. The van der Waals surface area contributed by atoms with Crippen LogP contribution in [0.15, 0.2) is 24.3 Å². The molecule has 1 aliphatic carbocycles. The number of hydrogen-bond acceptors (Lipinski definition) is 4. The molecule has 0 saturated heterocycles. The van der Waals surface area contributed by atoms with Gasteiger partial charge in [0.25, 0.3) is 0 Å². The number of carbonyl (C=O) groups is 1. The van der Waals surface area contributed by atoms with E-state index < -0.39 is 0 Å². The molecule has 0 unspecified atom stereocenters. The molecule has 19 heavy (non-hydrogen) atoms. The number of esters is 1. The third-order valence-corrected chi connectivity index (χ3v) is 4.78. The second-order valence-electron chi connectivity index (χ2n) is 4.94. The average Bonchev–Trinajstić information content (AvgIpc) is 2.93. The minimum absolute atomic E-state index is 0.280. The molecule has 0 amide bonds. The Bertz CT molecular complexity index is 419. The molecule has 4 heteroatoms. The molecule has 1 aromatic carbocycles. The Morgan fingerprint density at radius 2 is 2.11 bits per heavy atom. The number of rotatable bonds is 5. The summed E-state index contributed by atoms with van der Waals surface area (Å²) in [6.45, 7) is 0.868. The molecule has 0 spiro atoms. The van der Waals surface area contributed by atoms with Gasteiger partial charge in [-0.05, 0) is 43.2 Å². The standard InChI is InChI=1S/C15H21NO2S/c1-18-15(17)12-5-3-11(4-6-12)10-16-13-7-8-14(9-13)19-2/h3-6,13-14,16H,7-10H2,1-2H3/t13-,14-/m0/s1. The van der Waals surface area contributed by atoms with Crippen molar-refractivity contribution in [3.63, 3.8) is 0 Å². The Kier molecular flexibility index (Phi) is 5.28. The quantitative estimate of drug-likeness (QED) is 0.841. The van der Waals surface area contributed by atoms with E-state index in [2.05, 4.69) is 16.3 Å². The fraction of sp³-hybridized carbons (Fsp3) is 0.533. The predicted octanol–water partition coefficient (Wildman–Crippen LogP) is 2.85. The maximum Gasteiger partial charge on any atom is 0.337 e. The number of carbonyl (C=O) groups excluding carboxylic acids is 1. The van der Waals surface area contributed by atoms with Crippen molar-refractivity contribution in [2.75, 3.05) is 13.4 Å². The lowest BCUT2D eigenvalue weighted by Crippen LogP contribution is -2.26. The molecule has 0 aromatic heterocycles. The van der Waals surface area contributed by atoms with Gasteiger partial charge < -0.3 is 10.1 Å². The largest absolute Gasteiger partial charge is 0.465 e. The predicted molar refractivity (Wildman–Crippen MR) is 79.6 cm³/mol. The van der Waals surface area contributed by atoms with E-state index in [4.69, 9.17) is 0 Å².